The zero-order valence-corrected chi connectivity index (χ0v) is 9.57. The number of nitrogens with zero attached hydrogens (tertiary/aromatic N) is 2. The first kappa shape index (κ1) is 11.1. The predicted molar refractivity (Wildman–Crippen MR) is 60.7 cm³/mol. The molecular formula is C11H18N4O. The summed E-state index contributed by atoms with van der Waals surface area (Å²) in [5.74, 6) is 0.126. The van der Waals surface area contributed by atoms with Crippen molar-refractivity contribution in [2.24, 2.45) is 7.05 Å². The SMILES string of the molecule is Cn1cc(CN[C@@H]2CCCCNC2=O)cn1. The van der Waals surface area contributed by atoms with E-state index in [4.69, 9.17) is 0 Å². The van der Waals surface area contributed by atoms with Crippen LogP contribution < -0.4 is 10.6 Å². The zero-order valence-electron chi connectivity index (χ0n) is 9.57. The van der Waals surface area contributed by atoms with E-state index in [9.17, 15) is 4.79 Å². The number of hydrogen-bond acceptors (Lipinski definition) is 3. The van der Waals surface area contributed by atoms with Gasteiger partial charge < -0.3 is 10.6 Å². The van der Waals surface area contributed by atoms with E-state index in [0.717, 1.165) is 31.4 Å². The second-order valence-corrected chi connectivity index (χ2v) is 4.24. The lowest BCUT2D eigenvalue weighted by Crippen LogP contribution is -2.42. The predicted octanol–water partition coefficient (Wildman–Crippen LogP) is 0.178. The summed E-state index contributed by atoms with van der Waals surface area (Å²) in [6.45, 7) is 1.51. The summed E-state index contributed by atoms with van der Waals surface area (Å²) >= 11 is 0. The molecule has 0 spiro atoms. The molecule has 5 heteroatoms. The highest BCUT2D eigenvalue weighted by Crippen LogP contribution is 2.06. The third kappa shape index (κ3) is 2.82. The largest absolute Gasteiger partial charge is 0.355 e. The molecule has 1 amide bonds. The number of nitrogens with one attached hydrogen (secondary N) is 2. The van der Waals surface area contributed by atoms with Crippen molar-refractivity contribution in [3.63, 3.8) is 0 Å². The van der Waals surface area contributed by atoms with Crippen LogP contribution in [0.15, 0.2) is 12.4 Å². The maximum atomic E-state index is 11.6. The fourth-order valence-corrected chi connectivity index (χ4v) is 1.94. The molecule has 1 aliphatic heterocycles. The highest BCUT2D eigenvalue weighted by atomic mass is 16.2. The third-order valence-corrected chi connectivity index (χ3v) is 2.85. The van der Waals surface area contributed by atoms with Crippen LogP contribution in [0, 0.1) is 0 Å². The topological polar surface area (TPSA) is 59.0 Å². The maximum absolute atomic E-state index is 11.6. The van der Waals surface area contributed by atoms with E-state index in [0.29, 0.717) is 6.54 Å². The molecule has 1 aromatic heterocycles. The molecule has 2 heterocycles. The van der Waals surface area contributed by atoms with Gasteiger partial charge in [0.25, 0.3) is 0 Å². The summed E-state index contributed by atoms with van der Waals surface area (Å²) < 4.78 is 1.77. The highest BCUT2D eigenvalue weighted by Gasteiger charge is 2.19. The average Bonchev–Trinajstić information content (AvgIpc) is 2.56. The van der Waals surface area contributed by atoms with Gasteiger partial charge in [-0.15, -0.1) is 0 Å². The quantitative estimate of drug-likeness (QED) is 0.767. The molecular weight excluding hydrogens is 204 g/mol. The summed E-state index contributed by atoms with van der Waals surface area (Å²) in [6, 6.07) is -0.0530. The Labute approximate surface area is 95.2 Å². The summed E-state index contributed by atoms with van der Waals surface area (Å²) in [7, 11) is 1.89. The molecule has 0 radical (unpaired) electrons. The van der Waals surface area contributed by atoms with E-state index in [1.165, 1.54) is 0 Å². The lowest BCUT2D eigenvalue weighted by Gasteiger charge is -2.14. The molecule has 2 N–H and O–H groups in total. The van der Waals surface area contributed by atoms with Crippen LogP contribution in [0.1, 0.15) is 24.8 Å². The monoisotopic (exact) mass is 222 g/mol. The molecule has 0 unspecified atom stereocenters. The first-order valence-electron chi connectivity index (χ1n) is 5.74. The van der Waals surface area contributed by atoms with Gasteiger partial charge >= 0.3 is 0 Å². The Morgan fingerprint density at radius 3 is 3.25 bits per heavy atom. The molecule has 5 nitrogen and oxygen atoms in total. The molecule has 1 saturated heterocycles. The van der Waals surface area contributed by atoms with Crippen molar-refractivity contribution in [1.29, 1.82) is 0 Å². The second-order valence-electron chi connectivity index (χ2n) is 4.24. The van der Waals surface area contributed by atoms with E-state index < -0.39 is 0 Å². The average molecular weight is 222 g/mol. The first-order valence-corrected chi connectivity index (χ1v) is 5.74. The maximum Gasteiger partial charge on any atom is 0.237 e. The van der Waals surface area contributed by atoms with Crippen LogP contribution in [0.3, 0.4) is 0 Å². The summed E-state index contributed by atoms with van der Waals surface area (Å²) in [6.07, 6.45) is 6.88. The summed E-state index contributed by atoms with van der Waals surface area (Å²) in [5.41, 5.74) is 1.11. The van der Waals surface area contributed by atoms with Crippen molar-refractivity contribution in [3.8, 4) is 0 Å². The van der Waals surface area contributed by atoms with E-state index in [1.807, 2.05) is 19.4 Å². The van der Waals surface area contributed by atoms with Gasteiger partial charge in [-0.25, -0.2) is 0 Å². The van der Waals surface area contributed by atoms with Crippen LogP contribution in [0.25, 0.3) is 0 Å². The van der Waals surface area contributed by atoms with Crippen LogP contribution in [-0.4, -0.2) is 28.3 Å². The van der Waals surface area contributed by atoms with Gasteiger partial charge in [0.1, 0.15) is 0 Å². The Hall–Kier alpha value is -1.36. The summed E-state index contributed by atoms with van der Waals surface area (Å²) in [4.78, 5) is 11.6. The van der Waals surface area contributed by atoms with Crippen molar-refractivity contribution in [1.82, 2.24) is 20.4 Å². The van der Waals surface area contributed by atoms with Gasteiger partial charge in [0.15, 0.2) is 0 Å². The van der Waals surface area contributed by atoms with E-state index >= 15 is 0 Å². The Bertz CT molecular complexity index is 361. The standard InChI is InChI=1S/C11H18N4O/c1-15-8-9(7-14-15)6-13-10-4-2-3-5-12-11(10)16/h7-8,10,13H,2-6H2,1H3,(H,12,16)/t10-/m1/s1. The van der Waals surface area contributed by atoms with E-state index in [-0.39, 0.29) is 11.9 Å². The van der Waals surface area contributed by atoms with Gasteiger partial charge in [-0.2, -0.15) is 5.10 Å². The smallest absolute Gasteiger partial charge is 0.237 e. The van der Waals surface area contributed by atoms with Gasteiger partial charge in [-0.05, 0) is 19.3 Å². The number of rotatable bonds is 3. The van der Waals surface area contributed by atoms with Crippen molar-refractivity contribution in [3.05, 3.63) is 18.0 Å². The number of aromatic nitrogens is 2. The number of carbonyl (C=O) groups excluding carboxylic acids is 1. The molecule has 88 valence electrons. The molecule has 1 aromatic rings. The van der Waals surface area contributed by atoms with Crippen molar-refractivity contribution >= 4 is 5.91 Å². The van der Waals surface area contributed by atoms with Crippen LogP contribution in [-0.2, 0) is 18.4 Å². The first-order chi connectivity index (χ1) is 7.75. The van der Waals surface area contributed by atoms with Gasteiger partial charge in [0, 0.05) is 31.9 Å². The molecule has 1 fully saturated rings. The molecule has 0 saturated carbocycles. The van der Waals surface area contributed by atoms with E-state index in [2.05, 4.69) is 15.7 Å². The molecule has 1 aliphatic rings. The number of hydrogen-bond donors (Lipinski definition) is 2. The lowest BCUT2D eigenvalue weighted by molar-refractivity contribution is -0.122. The van der Waals surface area contributed by atoms with Crippen LogP contribution in [0.4, 0.5) is 0 Å². The van der Waals surface area contributed by atoms with E-state index in [1.54, 1.807) is 4.68 Å². The minimum Gasteiger partial charge on any atom is -0.355 e. The van der Waals surface area contributed by atoms with Gasteiger partial charge in [0.05, 0.1) is 12.2 Å². The van der Waals surface area contributed by atoms with Gasteiger partial charge in [-0.1, -0.05) is 0 Å². The fourth-order valence-electron chi connectivity index (χ4n) is 1.94. The molecule has 16 heavy (non-hydrogen) atoms. The minimum absolute atomic E-state index is 0.0530. The Kier molecular flexibility index (Phi) is 3.56. The van der Waals surface area contributed by atoms with Crippen molar-refractivity contribution in [2.45, 2.75) is 31.8 Å². The third-order valence-electron chi connectivity index (χ3n) is 2.85. The van der Waals surface area contributed by atoms with Crippen molar-refractivity contribution in [2.75, 3.05) is 6.54 Å². The molecule has 0 bridgehead atoms. The number of amides is 1. The van der Waals surface area contributed by atoms with Crippen LogP contribution in [0.2, 0.25) is 0 Å². The molecule has 1 atom stereocenters. The molecule has 0 aromatic carbocycles. The van der Waals surface area contributed by atoms with Gasteiger partial charge in [-0.3, -0.25) is 9.48 Å². The molecule has 0 aliphatic carbocycles. The Balaban J connectivity index is 1.86. The highest BCUT2D eigenvalue weighted by molar-refractivity contribution is 5.81. The fraction of sp³-hybridized carbons (Fsp3) is 0.636. The zero-order chi connectivity index (χ0) is 11.4. The minimum atomic E-state index is -0.0530. The van der Waals surface area contributed by atoms with Gasteiger partial charge in [0.2, 0.25) is 5.91 Å². The van der Waals surface area contributed by atoms with Crippen LogP contribution in [0.5, 0.6) is 0 Å². The summed E-state index contributed by atoms with van der Waals surface area (Å²) in [5, 5.41) is 10.3. The van der Waals surface area contributed by atoms with Crippen LogP contribution >= 0.6 is 0 Å². The normalized spacial score (nSPS) is 21.6. The second kappa shape index (κ2) is 5.12. The Morgan fingerprint density at radius 1 is 1.62 bits per heavy atom. The lowest BCUT2D eigenvalue weighted by atomic mass is 10.1. The number of aryl methyl sites for hydroxylation is 1. The Morgan fingerprint density at radius 2 is 2.50 bits per heavy atom. The van der Waals surface area contributed by atoms with Crippen molar-refractivity contribution < 1.29 is 4.79 Å². The number of carbonyl (C=O) groups is 1. The molecule has 2 rings (SSSR count).